The summed E-state index contributed by atoms with van der Waals surface area (Å²) in [5, 5.41) is 9.78. The average Bonchev–Trinajstić information content (AvgIpc) is 2.67. The predicted molar refractivity (Wildman–Crippen MR) is 64.4 cm³/mol. The molecule has 2 rings (SSSR count). The van der Waals surface area contributed by atoms with Crippen LogP contribution >= 0.6 is 15.9 Å². The molecule has 0 bridgehead atoms. The molecule has 1 heterocycles. The molecule has 0 spiro atoms. The van der Waals surface area contributed by atoms with Crippen molar-refractivity contribution in [2.45, 2.75) is 6.54 Å². The van der Waals surface area contributed by atoms with Crippen molar-refractivity contribution in [1.82, 2.24) is 15.5 Å². The quantitative estimate of drug-likeness (QED) is 0.909. The number of benzene rings is 1. The number of H-pyrrole nitrogens is 1. The van der Waals surface area contributed by atoms with E-state index >= 15 is 0 Å². The van der Waals surface area contributed by atoms with Gasteiger partial charge < -0.3 is 5.32 Å². The fourth-order valence-electron chi connectivity index (χ4n) is 1.56. The molecule has 16 heavy (non-hydrogen) atoms. The molecular weight excluding hydrogens is 273 g/mol. The van der Waals surface area contributed by atoms with Gasteiger partial charge in [0.2, 0.25) is 0 Å². The fourth-order valence-corrected chi connectivity index (χ4v) is 1.89. The summed E-state index contributed by atoms with van der Waals surface area (Å²) in [6.45, 7) is 0.654. The molecule has 0 radical (unpaired) electrons. The SMILES string of the molecule is CNCc1cn[nH]c1-c1ccc(Br)cc1F. The van der Waals surface area contributed by atoms with Gasteiger partial charge in [-0.2, -0.15) is 5.10 Å². The van der Waals surface area contributed by atoms with Gasteiger partial charge in [0, 0.05) is 22.1 Å². The van der Waals surface area contributed by atoms with Gasteiger partial charge >= 0.3 is 0 Å². The molecule has 0 fully saturated rings. The lowest BCUT2D eigenvalue weighted by Crippen LogP contribution is -2.05. The number of hydrogen-bond donors (Lipinski definition) is 2. The van der Waals surface area contributed by atoms with Crippen molar-refractivity contribution < 1.29 is 4.39 Å². The second-order valence-electron chi connectivity index (χ2n) is 3.42. The van der Waals surface area contributed by atoms with E-state index in [0.717, 1.165) is 15.7 Å². The Kier molecular flexibility index (Phi) is 3.36. The fraction of sp³-hybridized carbons (Fsp3) is 0.182. The summed E-state index contributed by atoms with van der Waals surface area (Å²) >= 11 is 3.23. The summed E-state index contributed by atoms with van der Waals surface area (Å²) in [6, 6.07) is 4.98. The predicted octanol–water partition coefficient (Wildman–Crippen LogP) is 2.70. The highest BCUT2D eigenvalue weighted by Crippen LogP contribution is 2.26. The van der Waals surface area contributed by atoms with Crippen LogP contribution in [-0.2, 0) is 6.54 Å². The van der Waals surface area contributed by atoms with Crippen LogP contribution in [0.5, 0.6) is 0 Å². The number of halogens is 2. The first-order valence-electron chi connectivity index (χ1n) is 4.84. The Morgan fingerprint density at radius 3 is 3.00 bits per heavy atom. The lowest BCUT2D eigenvalue weighted by atomic mass is 10.1. The Hall–Kier alpha value is -1.20. The van der Waals surface area contributed by atoms with E-state index in [1.807, 2.05) is 13.1 Å². The van der Waals surface area contributed by atoms with Crippen LogP contribution in [0.1, 0.15) is 5.56 Å². The Bertz CT molecular complexity index is 496. The van der Waals surface area contributed by atoms with E-state index < -0.39 is 0 Å². The topological polar surface area (TPSA) is 40.7 Å². The van der Waals surface area contributed by atoms with Crippen molar-refractivity contribution in [1.29, 1.82) is 0 Å². The zero-order valence-corrected chi connectivity index (χ0v) is 10.3. The van der Waals surface area contributed by atoms with Crippen LogP contribution in [0.25, 0.3) is 11.3 Å². The Morgan fingerprint density at radius 2 is 2.31 bits per heavy atom. The van der Waals surface area contributed by atoms with Crippen molar-refractivity contribution in [2.24, 2.45) is 0 Å². The van der Waals surface area contributed by atoms with Crippen molar-refractivity contribution in [2.75, 3.05) is 7.05 Å². The highest BCUT2D eigenvalue weighted by molar-refractivity contribution is 9.10. The van der Waals surface area contributed by atoms with E-state index in [0.29, 0.717) is 12.1 Å². The van der Waals surface area contributed by atoms with Crippen LogP contribution in [0.2, 0.25) is 0 Å². The highest BCUT2D eigenvalue weighted by atomic mass is 79.9. The van der Waals surface area contributed by atoms with Crippen molar-refractivity contribution in [3.8, 4) is 11.3 Å². The van der Waals surface area contributed by atoms with Crippen molar-refractivity contribution >= 4 is 15.9 Å². The van der Waals surface area contributed by atoms with E-state index in [2.05, 4.69) is 31.4 Å². The summed E-state index contributed by atoms with van der Waals surface area (Å²) in [5.74, 6) is -0.268. The molecule has 0 aliphatic heterocycles. The Morgan fingerprint density at radius 1 is 1.50 bits per heavy atom. The zero-order chi connectivity index (χ0) is 11.5. The van der Waals surface area contributed by atoms with Gasteiger partial charge in [0.25, 0.3) is 0 Å². The molecule has 1 aromatic heterocycles. The van der Waals surface area contributed by atoms with E-state index in [9.17, 15) is 4.39 Å². The Balaban J connectivity index is 2.46. The average molecular weight is 284 g/mol. The minimum Gasteiger partial charge on any atom is -0.316 e. The van der Waals surface area contributed by atoms with Crippen LogP contribution in [0.3, 0.4) is 0 Å². The maximum Gasteiger partial charge on any atom is 0.133 e. The van der Waals surface area contributed by atoms with Crippen LogP contribution < -0.4 is 5.32 Å². The van der Waals surface area contributed by atoms with Gasteiger partial charge in [-0.15, -0.1) is 0 Å². The number of aromatic amines is 1. The molecule has 0 saturated heterocycles. The van der Waals surface area contributed by atoms with Gasteiger partial charge in [-0.05, 0) is 25.2 Å². The summed E-state index contributed by atoms with van der Waals surface area (Å²) in [4.78, 5) is 0. The molecule has 84 valence electrons. The standard InChI is InChI=1S/C11H11BrFN3/c1-14-5-7-6-15-16-11(7)9-3-2-8(12)4-10(9)13/h2-4,6,14H,5H2,1H3,(H,15,16). The molecular formula is C11H11BrFN3. The number of nitrogens with one attached hydrogen (secondary N) is 2. The first-order valence-corrected chi connectivity index (χ1v) is 5.64. The molecule has 0 saturated carbocycles. The van der Waals surface area contributed by atoms with E-state index in [1.54, 1.807) is 12.3 Å². The van der Waals surface area contributed by atoms with Crippen LogP contribution in [0.4, 0.5) is 4.39 Å². The highest BCUT2D eigenvalue weighted by Gasteiger charge is 2.11. The van der Waals surface area contributed by atoms with Crippen molar-refractivity contribution in [3.63, 3.8) is 0 Å². The summed E-state index contributed by atoms with van der Waals surface area (Å²) < 4.78 is 14.5. The minimum atomic E-state index is -0.268. The van der Waals surface area contributed by atoms with Gasteiger partial charge in [0.15, 0.2) is 0 Å². The number of nitrogens with zero attached hydrogens (tertiary/aromatic N) is 1. The monoisotopic (exact) mass is 283 g/mol. The molecule has 1 aromatic carbocycles. The number of aromatic nitrogens is 2. The smallest absolute Gasteiger partial charge is 0.133 e. The molecule has 0 atom stereocenters. The van der Waals surface area contributed by atoms with E-state index in [4.69, 9.17) is 0 Å². The zero-order valence-electron chi connectivity index (χ0n) is 8.72. The first kappa shape index (κ1) is 11.3. The lowest BCUT2D eigenvalue weighted by molar-refractivity contribution is 0.629. The molecule has 2 aromatic rings. The molecule has 5 heteroatoms. The summed E-state index contributed by atoms with van der Waals surface area (Å²) in [5.41, 5.74) is 2.20. The van der Waals surface area contributed by atoms with Crippen LogP contribution in [-0.4, -0.2) is 17.2 Å². The molecule has 0 amide bonds. The lowest BCUT2D eigenvalue weighted by Gasteiger charge is -2.04. The van der Waals surface area contributed by atoms with Crippen molar-refractivity contribution in [3.05, 3.63) is 40.2 Å². The van der Waals surface area contributed by atoms with Gasteiger partial charge in [-0.1, -0.05) is 15.9 Å². The van der Waals surface area contributed by atoms with E-state index in [-0.39, 0.29) is 5.82 Å². The van der Waals surface area contributed by atoms with Gasteiger partial charge in [-0.3, -0.25) is 5.10 Å². The van der Waals surface area contributed by atoms with Gasteiger partial charge in [0.1, 0.15) is 5.82 Å². The maximum absolute atomic E-state index is 13.7. The van der Waals surface area contributed by atoms with Gasteiger partial charge in [0.05, 0.1) is 11.9 Å². The molecule has 0 aliphatic carbocycles. The molecule has 0 unspecified atom stereocenters. The third-order valence-corrected chi connectivity index (χ3v) is 2.78. The minimum absolute atomic E-state index is 0.268. The summed E-state index contributed by atoms with van der Waals surface area (Å²) in [7, 11) is 1.84. The number of hydrogen-bond acceptors (Lipinski definition) is 2. The first-order chi connectivity index (χ1) is 7.72. The van der Waals surface area contributed by atoms with Crippen LogP contribution in [0.15, 0.2) is 28.9 Å². The largest absolute Gasteiger partial charge is 0.316 e. The molecule has 0 aliphatic rings. The molecule has 3 nitrogen and oxygen atoms in total. The normalized spacial score (nSPS) is 10.7. The summed E-state index contributed by atoms with van der Waals surface area (Å²) in [6.07, 6.45) is 1.70. The molecule has 2 N–H and O–H groups in total. The van der Waals surface area contributed by atoms with E-state index in [1.165, 1.54) is 6.07 Å². The second kappa shape index (κ2) is 4.76. The second-order valence-corrected chi connectivity index (χ2v) is 4.34. The maximum atomic E-state index is 13.7. The van der Waals surface area contributed by atoms with Gasteiger partial charge in [-0.25, -0.2) is 4.39 Å². The third kappa shape index (κ3) is 2.15. The van der Waals surface area contributed by atoms with Crippen LogP contribution in [0, 0.1) is 5.82 Å². The number of rotatable bonds is 3. The third-order valence-electron chi connectivity index (χ3n) is 2.29. The Labute approximate surface area is 101 Å².